The van der Waals surface area contributed by atoms with Crippen molar-refractivity contribution in [2.24, 2.45) is 4.99 Å². The van der Waals surface area contributed by atoms with E-state index in [2.05, 4.69) is 27.0 Å². The molecule has 9 heteroatoms. The number of benzene rings is 1. The van der Waals surface area contributed by atoms with Gasteiger partial charge in [0, 0.05) is 23.5 Å². The minimum atomic E-state index is -1.27. The monoisotopic (exact) mass is 476 g/mol. The van der Waals surface area contributed by atoms with Gasteiger partial charge in [0.15, 0.2) is 0 Å². The van der Waals surface area contributed by atoms with Crippen molar-refractivity contribution in [1.29, 1.82) is 5.26 Å². The Kier molecular flexibility index (Phi) is 7.05. The van der Waals surface area contributed by atoms with Gasteiger partial charge in [0.25, 0.3) is 12.3 Å². The number of hydrogen-bond acceptors (Lipinski definition) is 8. The summed E-state index contributed by atoms with van der Waals surface area (Å²) < 4.78 is 5.57. The summed E-state index contributed by atoms with van der Waals surface area (Å²) in [6, 6.07) is 9.81. The highest BCUT2D eigenvalue weighted by Crippen LogP contribution is 2.33. The summed E-state index contributed by atoms with van der Waals surface area (Å²) in [5.41, 5.74) is 3.47. The Morgan fingerprint density at radius 1 is 1.31 bits per heavy atom. The average Bonchev–Trinajstić information content (AvgIpc) is 3.16. The normalized spacial score (nSPS) is 19.6. The van der Waals surface area contributed by atoms with Gasteiger partial charge >= 0.3 is 0 Å². The third-order valence-electron chi connectivity index (χ3n) is 5.97. The molecule has 2 heterocycles. The molecule has 0 spiro atoms. The van der Waals surface area contributed by atoms with Gasteiger partial charge in [-0.3, -0.25) is 4.79 Å². The molecule has 35 heavy (non-hydrogen) atoms. The number of hydrogen-bond donors (Lipinski definition) is 4. The van der Waals surface area contributed by atoms with Crippen molar-refractivity contribution in [3.8, 4) is 6.07 Å². The zero-order valence-corrected chi connectivity index (χ0v) is 20.6. The summed E-state index contributed by atoms with van der Waals surface area (Å²) in [5.74, 6) is 0.532. The second-order valence-corrected chi connectivity index (χ2v) is 9.95. The molecular weight excluding hydrogens is 444 g/mol. The number of aromatic nitrogens is 1. The van der Waals surface area contributed by atoms with Crippen LogP contribution in [0.5, 0.6) is 0 Å². The molecule has 0 radical (unpaired) electrons. The summed E-state index contributed by atoms with van der Waals surface area (Å²) in [5, 5.41) is 29.8. The zero-order valence-electron chi connectivity index (χ0n) is 20.6. The van der Waals surface area contributed by atoms with Crippen molar-refractivity contribution < 1.29 is 14.6 Å². The van der Waals surface area contributed by atoms with Crippen LogP contribution < -0.4 is 16.0 Å². The van der Waals surface area contributed by atoms with Crippen LogP contribution in [0.1, 0.15) is 73.5 Å². The standard InChI is InChI=1S/C26H32N6O3/c1-15-8-7-9-16(12-15)29-23-21-18(14-28-24(21)33)17(13-27)22(32-23)30-19-10-5-6-11-20(19)31-25(34)35-26(2,3)4/h7-9,12,19,25,34H,5-6,10-11,14H2,1-4H3,(H,28,33)(H2,29,30,32)/b31-20+/t19-,25?/m1/s1. The number of amides is 1. The highest BCUT2D eigenvalue weighted by atomic mass is 16.6. The van der Waals surface area contributed by atoms with Crippen LogP contribution >= 0.6 is 0 Å². The number of aliphatic hydroxyl groups is 1. The van der Waals surface area contributed by atoms with Crippen molar-refractivity contribution in [2.45, 2.75) is 78.0 Å². The number of anilines is 3. The lowest BCUT2D eigenvalue weighted by atomic mass is 9.92. The SMILES string of the molecule is Cc1cccc(Nc2nc(N[C@@H]3CCCC/C3=N\C(O)OC(C)(C)C)c(C#N)c3c2C(=O)NC3)c1. The van der Waals surface area contributed by atoms with E-state index >= 15 is 0 Å². The van der Waals surface area contributed by atoms with Crippen LogP contribution in [0.4, 0.5) is 17.3 Å². The Hall–Kier alpha value is -3.48. The lowest BCUT2D eigenvalue weighted by Gasteiger charge is -2.28. The van der Waals surface area contributed by atoms with Crippen molar-refractivity contribution in [2.75, 3.05) is 10.6 Å². The summed E-state index contributed by atoms with van der Waals surface area (Å²) in [6.07, 6.45) is 2.16. The number of aliphatic imine (C=N–C) groups is 1. The number of carbonyl (C=O) groups is 1. The van der Waals surface area contributed by atoms with E-state index in [0.717, 1.165) is 36.2 Å². The minimum absolute atomic E-state index is 0.212. The molecule has 1 unspecified atom stereocenters. The third kappa shape index (κ3) is 5.78. The van der Waals surface area contributed by atoms with E-state index in [1.807, 2.05) is 52.0 Å². The van der Waals surface area contributed by atoms with Gasteiger partial charge in [-0.25, -0.2) is 9.98 Å². The molecule has 1 saturated carbocycles. The quantitative estimate of drug-likeness (QED) is 0.461. The van der Waals surface area contributed by atoms with E-state index in [1.165, 1.54) is 0 Å². The third-order valence-corrected chi connectivity index (χ3v) is 5.97. The number of nitrogens with one attached hydrogen (secondary N) is 3. The second-order valence-electron chi connectivity index (χ2n) is 9.95. The maximum Gasteiger partial charge on any atom is 0.256 e. The smallest absolute Gasteiger partial charge is 0.256 e. The van der Waals surface area contributed by atoms with Gasteiger partial charge in [-0.2, -0.15) is 5.26 Å². The van der Waals surface area contributed by atoms with Crippen molar-refractivity contribution >= 4 is 28.9 Å². The molecule has 1 aromatic heterocycles. The molecule has 1 fully saturated rings. The van der Waals surface area contributed by atoms with Crippen molar-refractivity contribution in [3.05, 3.63) is 46.5 Å². The topological polar surface area (TPSA) is 132 Å². The fourth-order valence-corrected chi connectivity index (χ4v) is 4.44. The summed E-state index contributed by atoms with van der Waals surface area (Å²) in [7, 11) is 0. The Labute approximate surface area is 205 Å². The highest BCUT2D eigenvalue weighted by Gasteiger charge is 2.31. The van der Waals surface area contributed by atoms with Gasteiger partial charge in [-0.15, -0.1) is 0 Å². The van der Waals surface area contributed by atoms with Crippen LogP contribution in [-0.2, 0) is 11.3 Å². The molecule has 9 nitrogen and oxygen atoms in total. The number of rotatable bonds is 6. The highest BCUT2D eigenvalue weighted by molar-refractivity contribution is 6.04. The first-order chi connectivity index (χ1) is 16.6. The number of fused-ring (bicyclic) bond motifs is 1. The molecular formula is C26H32N6O3. The molecule has 0 saturated heterocycles. The van der Waals surface area contributed by atoms with Crippen molar-refractivity contribution in [1.82, 2.24) is 10.3 Å². The van der Waals surface area contributed by atoms with Crippen LogP contribution in [0.15, 0.2) is 29.3 Å². The molecule has 1 aliphatic carbocycles. The Balaban J connectivity index is 1.69. The first-order valence-electron chi connectivity index (χ1n) is 11.9. The maximum absolute atomic E-state index is 12.6. The number of nitriles is 1. The number of ether oxygens (including phenoxy) is 1. The summed E-state index contributed by atoms with van der Waals surface area (Å²) >= 11 is 0. The van der Waals surface area contributed by atoms with E-state index in [-0.39, 0.29) is 18.5 Å². The summed E-state index contributed by atoms with van der Waals surface area (Å²) in [6.45, 7) is 7.83. The van der Waals surface area contributed by atoms with Gasteiger partial charge in [0.1, 0.15) is 23.3 Å². The lowest BCUT2D eigenvalue weighted by Crippen LogP contribution is -2.36. The van der Waals surface area contributed by atoms with Crippen LogP contribution in [0.3, 0.4) is 0 Å². The first-order valence-corrected chi connectivity index (χ1v) is 11.9. The fraction of sp³-hybridized carbons (Fsp3) is 0.462. The average molecular weight is 477 g/mol. The predicted octanol–water partition coefficient (Wildman–Crippen LogP) is 4.14. The number of aliphatic hydroxyl groups excluding tert-OH is 1. The molecule has 2 aromatic rings. The van der Waals surface area contributed by atoms with Gasteiger partial charge < -0.3 is 25.8 Å². The predicted molar refractivity (Wildman–Crippen MR) is 135 cm³/mol. The number of aryl methyl sites for hydroxylation is 1. The Bertz CT molecular complexity index is 1190. The van der Waals surface area contributed by atoms with E-state index in [9.17, 15) is 15.2 Å². The maximum atomic E-state index is 12.6. The van der Waals surface area contributed by atoms with Gasteiger partial charge in [-0.05, 0) is 64.7 Å². The molecule has 1 aliphatic heterocycles. The number of nitrogens with zero attached hydrogens (tertiary/aromatic N) is 3. The van der Waals surface area contributed by atoms with Gasteiger partial charge in [0.05, 0.1) is 17.2 Å². The van der Waals surface area contributed by atoms with Gasteiger partial charge in [-0.1, -0.05) is 18.6 Å². The molecule has 1 amide bonds. The van der Waals surface area contributed by atoms with Crippen LogP contribution in [-0.4, -0.2) is 39.8 Å². The van der Waals surface area contributed by atoms with E-state index in [1.54, 1.807) is 0 Å². The molecule has 0 bridgehead atoms. The molecule has 4 rings (SSSR count). The Morgan fingerprint density at radius 2 is 2.11 bits per heavy atom. The van der Waals surface area contributed by atoms with Crippen LogP contribution in [0.2, 0.25) is 0 Å². The number of pyridine rings is 1. The van der Waals surface area contributed by atoms with Crippen molar-refractivity contribution in [3.63, 3.8) is 0 Å². The lowest BCUT2D eigenvalue weighted by molar-refractivity contribution is -0.159. The molecule has 4 N–H and O–H groups in total. The van der Waals surface area contributed by atoms with Crippen LogP contribution in [0.25, 0.3) is 0 Å². The molecule has 2 aliphatic rings. The largest absolute Gasteiger partial charge is 0.361 e. The zero-order chi connectivity index (χ0) is 25.2. The Morgan fingerprint density at radius 3 is 2.83 bits per heavy atom. The second kappa shape index (κ2) is 10.0. The summed E-state index contributed by atoms with van der Waals surface area (Å²) in [4.78, 5) is 21.8. The molecule has 1 aromatic carbocycles. The van der Waals surface area contributed by atoms with Crippen LogP contribution in [0, 0.1) is 18.3 Å². The van der Waals surface area contributed by atoms with E-state index in [4.69, 9.17) is 9.72 Å². The first kappa shape index (κ1) is 24.6. The van der Waals surface area contributed by atoms with E-state index in [0.29, 0.717) is 34.7 Å². The minimum Gasteiger partial charge on any atom is -0.361 e. The van der Waals surface area contributed by atoms with E-state index < -0.39 is 12.0 Å². The molecule has 184 valence electrons. The molecule has 2 atom stereocenters. The fourth-order valence-electron chi connectivity index (χ4n) is 4.44. The number of carbonyl (C=O) groups excluding carboxylic acids is 1. The van der Waals surface area contributed by atoms with Gasteiger partial charge in [0.2, 0.25) is 0 Å².